The highest BCUT2D eigenvalue weighted by Crippen LogP contribution is 2.20. The molecule has 2 atom stereocenters. The second-order valence-corrected chi connectivity index (χ2v) is 7.57. The molecule has 0 aliphatic rings. The zero-order valence-corrected chi connectivity index (χ0v) is 15.0. The first kappa shape index (κ1) is 17.7. The van der Waals surface area contributed by atoms with Gasteiger partial charge in [-0.25, -0.2) is 0 Å². The number of hydrogen-bond donors (Lipinski definition) is 1. The van der Waals surface area contributed by atoms with E-state index in [1.165, 1.54) is 5.56 Å². The van der Waals surface area contributed by atoms with E-state index >= 15 is 0 Å². The van der Waals surface area contributed by atoms with Crippen LogP contribution in [0, 0.1) is 11.8 Å². The average molecular weight is 342 g/mol. The van der Waals surface area contributed by atoms with E-state index in [-0.39, 0.29) is 5.54 Å². The minimum absolute atomic E-state index is 0.157. The Balaban J connectivity index is 2.68. The van der Waals surface area contributed by atoms with Crippen molar-refractivity contribution in [1.82, 2.24) is 5.32 Å². The standard InChI is InChI=1S/C17H28BrNO/c1-13(12-20-5)15(11-19-17(2,3)4)10-14-6-8-16(18)9-7-14/h6-9,13,15,19H,10-12H2,1-5H3. The van der Waals surface area contributed by atoms with E-state index in [1.54, 1.807) is 7.11 Å². The van der Waals surface area contributed by atoms with Gasteiger partial charge >= 0.3 is 0 Å². The van der Waals surface area contributed by atoms with Crippen molar-refractivity contribution in [3.05, 3.63) is 34.3 Å². The molecule has 0 radical (unpaired) electrons. The summed E-state index contributed by atoms with van der Waals surface area (Å²) >= 11 is 3.49. The third kappa shape index (κ3) is 6.87. The lowest BCUT2D eigenvalue weighted by molar-refractivity contribution is 0.125. The van der Waals surface area contributed by atoms with Crippen LogP contribution in [0.1, 0.15) is 33.3 Å². The number of ether oxygens (including phenoxy) is 1. The van der Waals surface area contributed by atoms with Gasteiger partial charge in [-0.1, -0.05) is 35.0 Å². The molecule has 0 aliphatic carbocycles. The highest BCUT2D eigenvalue weighted by atomic mass is 79.9. The van der Waals surface area contributed by atoms with Gasteiger partial charge in [0.15, 0.2) is 0 Å². The summed E-state index contributed by atoms with van der Waals surface area (Å²) in [4.78, 5) is 0. The van der Waals surface area contributed by atoms with Crippen LogP contribution in [0.25, 0.3) is 0 Å². The van der Waals surface area contributed by atoms with Gasteiger partial charge in [-0.2, -0.15) is 0 Å². The molecule has 0 aromatic heterocycles. The van der Waals surface area contributed by atoms with Crippen LogP contribution in [0.4, 0.5) is 0 Å². The van der Waals surface area contributed by atoms with Crippen molar-refractivity contribution in [2.75, 3.05) is 20.3 Å². The van der Waals surface area contributed by atoms with Crippen molar-refractivity contribution in [3.63, 3.8) is 0 Å². The Morgan fingerprint density at radius 3 is 2.30 bits per heavy atom. The summed E-state index contributed by atoms with van der Waals surface area (Å²) in [7, 11) is 1.78. The fourth-order valence-electron chi connectivity index (χ4n) is 2.23. The van der Waals surface area contributed by atoms with Crippen LogP contribution in [0.15, 0.2) is 28.7 Å². The Morgan fingerprint density at radius 2 is 1.80 bits per heavy atom. The summed E-state index contributed by atoms with van der Waals surface area (Å²) in [5.74, 6) is 1.12. The lowest BCUT2D eigenvalue weighted by atomic mass is 9.87. The summed E-state index contributed by atoms with van der Waals surface area (Å²) in [6, 6.07) is 8.64. The fraction of sp³-hybridized carbons (Fsp3) is 0.647. The fourth-order valence-corrected chi connectivity index (χ4v) is 2.50. The Morgan fingerprint density at radius 1 is 1.20 bits per heavy atom. The molecule has 0 saturated carbocycles. The zero-order chi connectivity index (χ0) is 15.2. The quantitative estimate of drug-likeness (QED) is 0.799. The van der Waals surface area contributed by atoms with Gasteiger partial charge < -0.3 is 10.1 Å². The number of methoxy groups -OCH3 is 1. The maximum absolute atomic E-state index is 5.34. The molecular formula is C17H28BrNO. The molecule has 0 heterocycles. The van der Waals surface area contributed by atoms with Crippen molar-refractivity contribution in [3.8, 4) is 0 Å². The number of halogens is 1. The molecule has 1 rings (SSSR count). The summed E-state index contributed by atoms with van der Waals surface area (Å²) < 4.78 is 6.47. The van der Waals surface area contributed by atoms with Crippen molar-refractivity contribution < 1.29 is 4.74 Å². The van der Waals surface area contributed by atoms with Crippen molar-refractivity contribution >= 4 is 15.9 Å². The second-order valence-electron chi connectivity index (χ2n) is 6.65. The van der Waals surface area contributed by atoms with Gasteiger partial charge in [0.25, 0.3) is 0 Å². The molecule has 20 heavy (non-hydrogen) atoms. The third-order valence-electron chi connectivity index (χ3n) is 3.54. The van der Waals surface area contributed by atoms with E-state index in [9.17, 15) is 0 Å². The molecular weight excluding hydrogens is 314 g/mol. The molecule has 2 unspecified atom stereocenters. The van der Waals surface area contributed by atoms with Crippen LogP contribution in [0.3, 0.4) is 0 Å². The topological polar surface area (TPSA) is 21.3 Å². The Kier molecular flexibility index (Phi) is 7.21. The first-order valence-electron chi connectivity index (χ1n) is 7.30. The molecule has 0 amide bonds. The largest absolute Gasteiger partial charge is 0.384 e. The van der Waals surface area contributed by atoms with Crippen molar-refractivity contribution in [2.24, 2.45) is 11.8 Å². The molecule has 0 spiro atoms. The molecule has 0 fully saturated rings. The van der Waals surface area contributed by atoms with Gasteiger partial charge in [0.2, 0.25) is 0 Å². The maximum atomic E-state index is 5.34. The van der Waals surface area contributed by atoms with Gasteiger partial charge in [0, 0.05) is 23.7 Å². The minimum Gasteiger partial charge on any atom is -0.384 e. The Bertz CT molecular complexity index is 383. The second kappa shape index (κ2) is 8.16. The first-order valence-corrected chi connectivity index (χ1v) is 8.09. The summed E-state index contributed by atoms with van der Waals surface area (Å²) in [6.45, 7) is 10.7. The zero-order valence-electron chi connectivity index (χ0n) is 13.4. The van der Waals surface area contributed by atoms with E-state index in [0.717, 1.165) is 24.0 Å². The predicted octanol–water partition coefficient (Wildman–Crippen LogP) is 4.28. The average Bonchev–Trinajstić information content (AvgIpc) is 2.36. The lowest BCUT2D eigenvalue weighted by Crippen LogP contribution is -2.41. The van der Waals surface area contributed by atoms with Gasteiger partial charge in [-0.05, 0) is 63.3 Å². The van der Waals surface area contributed by atoms with Gasteiger partial charge in [-0.3, -0.25) is 0 Å². The smallest absolute Gasteiger partial charge is 0.0491 e. The van der Waals surface area contributed by atoms with Crippen LogP contribution in [-0.4, -0.2) is 25.8 Å². The van der Waals surface area contributed by atoms with Gasteiger partial charge in [0.1, 0.15) is 0 Å². The number of hydrogen-bond acceptors (Lipinski definition) is 2. The molecule has 1 aromatic rings. The van der Waals surface area contributed by atoms with E-state index in [2.05, 4.69) is 73.2 Å². The molecule has 1 N–H and O–H groups in total. The summed E-state index contributed by atoms with van der Waals surface area (Å²) in [6.07, 6.45) is 1.08. The minimum atomic E-state index is 0.157. The molecule has 114 valence electrons. The SMILES string of the molecule is COCC(C)C(CNC(C)(C)C)Cc1ccc(Br)cc1. The van der Waals surface area contributed by atoms with Gasteiger partial charge in [0.05, 0.1) is 0 Å². The third-order valence-corrected chi connectivity index (χ3v) is 4.07. The van der Waals surface area contributed by atoms with Crippen LogP contribution < -0.4 is 5.32 Å². The molecule has 0 saturated heterocycles. The van der Waals surface area contributed by atoms with E-state index in [4.69, 9.17) is 4.74 Å². The van der Waals surface area contributed by atoms with E-state index in [1.807, 2.05) is 0 Å². The summed E-state index contributed by atoms with van der Waals surface area (Å²) in [5, 5.41) is 3.63. The number of rotatable bonds is 7. The highest BCUT2D eigenvalue weighted by Gasteiger charge is 2.20. The van der Waals surface area contributed by atoms with E-state index < -0.39 is 0 Å². The van der Waals surface area contributed by atoms with Crippen molar-refractivity contribution in [1.29, 1.82) is 0 Å². The number of nitrogens with one attached hydrogen (secondary N) is 1. The Labute approximate surface area is 132 Å². The maximum Gasteiger partial charge on any atom is 0.0491 e. The molecule has 0 aliphatic heterocycles. The molecule has 3 heteroatoms. The molecule has 1 aromatic carbocycles. The predicted molar refractivity (Wildman–Crippen MR) is 90.1 cm³/mol. The van der Waals surface area contributed by atoms with E-state index in [0.29, 0.717) is 11.8 Å². The monoisotopic (exact) mass is 341 g/mol. The molecule has 2 nitrogen and oxygen atoms in total. The summed E-state index contributed by atoms with van der Waals surface area (Å²) in [5.41, 5.74) is 1.54. The lowest BCUT2D eigenvalue weighted by Gasteiger charge is -2.29. The van der Waals surface area contributed by atoms with Crippen LogP contribution in [0.5, 0.6) is 0 Å². The Hall–Kier alpha value is -0.380. The van der Waals surface area contributed by atoms with Crippen LogP contribution in [0.2, 0.25) is 0 Å². The van der Waals surface area contributed by atoms with Gasteiger partial charge in [-0.15, -0.1) is 0 Å². The molecule has 0 bridgehead atoms. The normalized spacial score (nSPS) is 15.1. The van der Waals surface area contributed by atoms with Crippen LogP contribution in [-0.2, 0) is 11.2 Å². The van der Waals surface area contributed by atoms with Crippen molar-refractivity contribution in [2.45, 2.75) is 39.7 Å². The highest BCUT2D eigenvalue weighted by molar-refractivity contribution is 9.10. The number of benzene rings is 1. The van der Waals surface area contributed by atoms with Crippen LogP contribution >= 0.6 is 15.9 Å². The first-order chi connectivity index (χ1) is 9.31.